The maximum atomic E-state index is 14.4. The molecule has 0 unspecified atom stereocenters. The molecule has 0 radical (unpaired) electrons. The van der Waals surface area contributed by atoms with Crippen molar-refractivity contribution in [2.75, 3.05) is 26.5 Å². The van der Waals surface area contributed by atoms with E-state index in [0.717, 1.165) is 12.1 Å². The second kappa shape index (κ2) is 11.5. The summed E-state index contributed by atoms with van der Waals surface area (Å²) >= 11 is 6.36. The van der Waals surface area contributed by atoms with E-state index < -0.39 is 23.4 Å². The molecule has 0 aliphatic heterocycles. The normalized spacial score (nSPS) is 10.5. The Morgan fingerprint density at radius 3 is 2.56 bits per heavy atom. The molecule has 3 rings (SSSR count). The number of Topliss-reactive ketones (excluding diaryl/α,β-unsaturated/α-hetero) is 1. The van der Waals surface area contributed by atoms with Crippen LogP contribution in [0.25, 0.3) is 0 Å². The third kappa shape index (κ3) is 6.11. The van der Waals surface area contributed by atoms with Crippen molar-refractivity contribution in [1.82, 2.24) is 14.9 Å². The van der Waals surface area contributed by atoms with Crippen LogP contribution < -0.4 is 10.1 Å². The molecule has 2 amide bonds. The Labute approximate surface area is 212 Å². The third-order valence-corrected chi connectivity index (χ3v) is 5.56. The van der Waals surface area contributed by atoms with E-state index in [2.05, 4.69) is 21.9 Å². The molecule has 0 atom stereocenters. The number of carbonyl (C=O) groups is 3. The molecule has 8 nitrogen and oxygen atoms in total. The number of halogens is 2. The van der Waals surface area contributed by atoms with Crippen molar-refractivity contribution >= 4 is 34.9 Å². The van der Waals surface area contributed by atoms with Crippen molar-refractivity contribution in [3.05, 3.63) is 94.3 Å². The molecule has 2 aromatic carbocycles. The minimum atomic E-state index is -0.669. The van der Waals surface area contributed by atoms with E-state index in [1.54, 1.807) is 24.3 Å². The number of likely N-dealkylation sites (N-methyl/N-ethyl adjacent to an activating group) is 1. The van der Waals surface area contributed by atoms with Crippen LogP contribution in [0.1, 0.15) is 33.0 Å². The van der Waals surface area contributed by atoms with Gasteiger partial charge in [-0.05, 0) is 17.7 Å². The highest BCUT2D eigenvalue weighted by atomic mass is 35.5. The molecule has 0 spiro atoms. The zero-order valence-corrected chi connectivity index (χ0v) is 20.7. The van der Waals surface area contributed by atoms with E-state index in [1.807, 2.05) is 0 Å². The Balaban J connectivity index is 1.94. The van der Waals surface area contributed by atoms with Gasteiger partial charge in [-0.15, -0.1) is 0 Å². The highest BCUT2D eigenvalue weighted by Gasteiger charge is 2.22. The molecule has 0 bridgehead atoms. The van der Waals surface area contributed by atoms with Crippen LogP contribution in [0.3, 0.4) is 0 Å². The third-order valence-electron chi connectivity index (χ3n) is 5.25. The number of aromatic nitrogens is 2. The van der Waals surface area contributed by atoms with Crippen molar-refractivity contribution in [1.29, 1.82) is 0 Å². The van der Waals surface area contributed by atoms with Gasteiger partial charge in [0.05, 0.1) is 23.5 Å². The monoisotopic (exact) mass is 510 g/mol. The lowest BCUT2D eigenvalue weighted by atomic mass is 9.99. The summed E-state index contributed by atoms with van der Waals surface area (Å²) in [5.74, 6) is -1.89. The van der Waals surface area contributed by atoms with Gasteiger partial charge in [0.1, 0.15) is 17.4 Å². The van der Waals surface area contributed by atoms with Gasteiger partial charge in [-0.2, -0.15) is 0 Å². The summed E-state index contributed by atoms with van der Waals surface area (Å²) in [4.78, 5) is 46.6. The molecule has 0 saturated carbocycles. The molecule has 1 aromatic heterocycles. The highest BCUT2D eigenvalue weighted by molar-refractivity contribution is 6.43. The number of anilines is 1. The van der Waals surface area contributed by atoms with Crippen LogP contribution in [0.15, 0.2) is 55.3 Å². The standard InChI is InChI=1S/C26H24ClFN4O4/c1-5-24(33)31-21-11-16(22(36-4)13-19(21)28)12-23-29-14-18(27)20(30-23)10-15-8-6-7-9-17(15)25(34)26(35)32(2)3/h5-9,11,13-14H,1,10,12H2,2-4H3,(H,31,33). The van der Waals surface area contributed by atoms with Gasteiger partial charge in [0.15, 0.2) is 0 Å². The quantitative estimate of drug-likeness (QED) is 0.266. The predicted octanol–water partition coefficient (Wildman–Crippen LogP) is 3.85. The zero-order chi connectivity index (χ0) is 26.4. The molecular weight excluding hydrogens is 487 g/mol. The summed E-state index contributed by atoms with van der Waals surface area (Å²) in [6.45, 7) is 3.36. The fourth-order valence-corrected chi connectivity index (χ4v) is 3.58. The van der Waals surface area contributed by atoms with Gasteiger partial charge in [0.2, 0.25) is 5.91 Å². The van der Waals surface area contributed by atoms with Crippen LogP contribution in [0.2, 0.25) is 5.02 Å². The van der Waals surface area contributed by atoms with Crippen molar-refractivity contribution in [3.8, 4) is 5.75 Å². The van der Waals surface area contributed by atoms with Crippen LogP contribution in [0.4, 0.5) is 10.1 Å². The maximum absolute atomic E-state index is 14.4. The van der Waals surface area contributed by atoms with Crippen molar-refractivity contribution in [3.63, 3.8) is 0 Å². The van der Waals surface area contributed by atoms with Crippen LogP contribution in [-0.2, 0) is 22.4 Å². The Morgan fingerprint density at radius 2 is 1.89 bits per heavy atom. The fourth-order valence-electron chi connectivity index (χ4n) is 3.43. The largest absolute Gasteiger partial charge is 0.496 e. The first-order valence-electron chi connectivity index (χ1n) is 10.8. The SMILES string of the molecule is C=CC(=O)Nc1cc(Cc2ncc(Cl)c(Cc3ccccc3C(=O)C(=O)N(C)C)n2)c(OC)cc1F. The number of nitrogens with zero attached hydrogens (tertiary/aromatic N) is 3. The fraction of sp³-hybridized carbons (Fsp3) is 0.192. The number of hydrogen-bond acceptors (Lipinski definition) is 6. The van der Waals surface area contributed by atoms with Gasteiger partial charge in [-0.1, -0.05) is 42.4 Å². The topological polar surface area (TPSA) is 101 Å². The Kier molecular flexibility index (Phi) is 8.50. The van der Waals surface area contributed by atoms with E-state index in [1.165, 1.54) is 38.4 Å². The first kappa shape index (κ1) is 26.5. The predicted molar refractivity (Wildman–Crippen MR) is 134 cm³/mol. The molecule has 0 aliphatic rings. The van der Waals surface area contributed by atoms with Crippen molar-refractivity contribution in [2.45, 2.75) is 12.8 Å². The summed E-state index contributed by atoms with van der Waals surface area (Å²) in [6.07, 6.45) is 2.79. The first-order valence-corrected chi connectivity index (χ1v) is 11.2. The van der Waals surface area contributed by atoms with Crippen LogP contribution in [0, 0.1) is 5.82 Å². The van der Waals surface area contributed by atoms with E-state index in [0.29, 0.717) is 22.6 Å². The number of benzene rings is 2. The van der Waals surface area contributed by atoms with E-state index in [-0.39, 0.29) is 34.9 Å². The highest BCUT2D eigenvalue weighted by Crippen LogP contribution is 2.28. The molecule has 1 heterocycles. The minimum Gasteiger partial charge on any atom is -0.496 e. The number of nitrogens with one attached hydrogen (secondary N) is 1. The average molecular weight is 511 g/mol. The minimum absolute atomic E-state index is 0.0390. The van der Waals surface area contributed by atoms with E-state index in [4.69, 9.17) is 16.3 Å². The second-order valence-corrected chi connectivity index (χ2v) is 8.36. The number of methoxy groups -OCH3 is 1. The lowest BCUT2D eigenvalue weighted by Crippen LogP contribution is -2.30. The molecule has 1 N–H and O–H groups in total. The molecule has 0 aliphatic carbocycles. The van der Waals surface area contributed by atoms with Crippen molar-refractivity contribution in [2.24, 2.45) is 0 Å². The molecule has 0 saturated heterocycles. The molecular formula is C26H24ClFN4O4. The number of amides is 2. The summed E-state index contributed by atoms with van der Waals surface area (Å²) in [6, 6.07) is 9.34. The molecule has 10 heteroatoms. The number of hydrogen-bond donors (Lipinski definition) is 1. The first-order chi connectivity index (χ1) is 17.1. The molecule has 3 aromatic rings. The lowest BCUT2D eigenvalue weighted by molar-refractivity contribution is -0.124. The Hall–Kier alpha value is -4.11. The van der Waals surface area contributed by atoms with Gasteiger partial charge in [-0.25, -0.2) is 14.4 Å². The van der Waals surface area contributed by atoms with Crippen LogP contribution in [-0.4, -0.2) is 53.7 Å². The van der Waals surface area contributed by atoms with Gasteiger partial charge in [-0.3, -0.25) is 14.4 Å². The van der Waals surface area contributed by atoms with Crippen LogP contribution >= 0.6 is 11.6 Å². The maximum Gasteiger partial charge on any atom is 0.294 e. The Bertz CT molecular complexity index is 1340. The van der Waals surface area contributed by atoms with Gasteiger partial charge < -0.3 is 15.0 Å². The summed E-state index contributed by atoms with van der Waals surface area (Å²) in [5.41, 5.74) is 1.77. The zero-order valence-electron chi connectivity index (χ0n) is 20.0. The number of carbonyl (C=O) groups excluding carboxylic acids is 3. The van der Waals surface area contributed by atoms with Crippen molar-refractivity contribution < 1.29 is 23.5 Å². The van der Waals surface area contributed by atoms with E-state index >= 15 is 0 Å². The van der Waals surface area contributed by atoms with Gasteiger partial charge in [0, 0.05) is 50.3 Å². The number of rotatable bonds is 9. The summed E-state index contributed by atoms with van der Waals surface area (Å²) < 4.78 is 19.7. The van der Waals surface area contributed by atoms with Crippen LogP contribution in [0.5, 0.6) is 5.75 Å². The van der Waals surface area contributed by atoms with Gasteiger partial charge in [0.25, 0.3) is 11.7 Å². The summed E-state index contributed by atoms with van der Waals surface area (Å²) in [5, 5.41) is 2.69. The van der Waals surface area contributed by atoms with E-state index in [9.17, 15) is 18.8 Å². The smallest absolute Gasteiger partial charge is 0.294 e. The second-order valence-electron chi connectivity index (χ2n) is 7.96. The molecule has 36 heavy (non-hydrogen) atoms. The number of ketones is 1. The summed E-state index contributed by atoms with van der Waals surface area (Å²) in [7, 11) is 4.42. The average Bonchev–Trinajstić information content (AvgIpc) is 2.86. The number of ether oxygens (including phenoxy) is 1. The molecule has 0 fully saturated rings. The van der Waals surface area contributed by atoms with Gasteiger partial charge >= 0.3 is 0 Å². The lowest BCUT2D eigenvalue weighted by Gasteiger charge is -2.14. The molecule has 186 valence electrons. The Morgan fingerprint density at radius 1 is 1.17 bits per heavy atom.